The van der Waals surface area contributed by atoms with E-state index in [1.54, 1.807) is 24.6 Å². The molecule has 0 radical (unpaired) electrons. The van der Waals surface area contributed by atoms with Crippen LogP contribution in [0.1, 0.15) is 42.9 Å². The highest BCUT2D eigenvalue weighted by molar-refractivity contribution is 5.96. The number of amides is 1. The molecule has 0 bridgehead atoms. The van der Waals surface area contributed by atoms with Gasteiger partial charge in [-0.1, -0.05) is 0 Å². The number of aryl methyl sites for hydroxylation is 3. The zero-order valence-electron chi connectivity index (χ0n) is 21.5. The number of aliphatic hydroxyl groups is 1. The fourth-order valence-corrected chi connectivity index (χ4v) is 5.39. The summed E-state index contributed by atoms with van der Waals surface area (Å²) in [4.78, 5) is 35.0. The second-order valence-electron chi connectivity index (χ2n) is 9.99. The number of β-amino-alcohol motifs (C(OH)–C–C–N with tert-alkyl or cyclic N) is 1. The maximum Gasteiger partial charge on any atom is 0.265 e. The molecule has 0 aliphatic carbocycles. The normalized spacial score (nSPS) is 17.6. The number of alkyl halides is 2. The van der Waals surface area contributed by atoms with Gasteiger partial charge >= 0.3 is 0 Å². The number of aromatic nitrogens is 2. The fraction of sp³-hybridized carbons (Fsp3) is 0.444. The number of benzene rings is 1. The summed E-state index contributed by atoms with van der Waals surface area (Å²) in [6, 6.07) is 6.83. The molecule has 1 N–H and O–H groups in total. The SMILES string of the molecule is CC(=O)N(C)c1cc2c(cc1C(F)F)N(c1nc(N3CC[C@H](O)C3)cc3c1cc(C)c(=O)n3C)CCC2. The van der Waals surface area contributed by atoms with Crippen LogP contribution in [0.2, 0.25) is 0 Å². The van der Waals surface area contributed by atoms with Gasteiger partial charge in [0.2, 0.25) is 5.91 Å². The number of rotatable bonds is 4. The van der Waals surface area contributed by atoms with Gasteiger partial charge in [0.05, 0.1) is 17.3 Å². The van der Waals surface area contributed by atoms with Crippen LogP contribution < -0.4 is 20.3 Å². The molecular formula is C27H31F2N5O3. The predicted octanol–water partition coefficient (Wildman–Crippen LogP) is 3.82. The lowest BCUT2D eigenvalue weighted by molar-refractivity contribution is -0.116. The largest absolute Gasteiger partial charge is 0.391 e. The maximum absolute atomic E-state index is 14.2. The van der Waals surface area contributed by atoms with Crippen molar-refractivity contribution in [3.05, 3.63) is 51.3 Å². The molecular weight excluding hydrogens is 480 g/mol. The number of hydrogen-bond donors (Lipinski definition) is 1. The minimum Gasteiger partial charge on any atom is -0.391 e. The Balaban J connectivity index is 1.75. The summed E-state index contributed by atoms with van der Waals surface area (Å²) in [5.41, 5.74) is 2.61. The highest BCUT2D eigenvalue weighted by atomic mass is 19.3. The van der Waals surface area contributed by atoms with E-state index in [0.29, 0.717) is 60.9 Å². The van der Waals surface area contributed by atoms with Crippen LogP contribution in [0, 0.1) is 6.92 Å². The van der Waals surface area contributed by atoms with Gasteiger partial charge in [0.15, 0.2) is 0 Å². The van der Waals surface area contributed by atoms with E-state index in [9.17, 15) is 23.5 Å². The number of nitrogens with zero attached hydrogens (tertiary/aromatic N) is 5. The lowest BCUT2D eigenvalue weighted by Gasteiger charge is -2.34. The first-order chi connectivity index (χ1) is 17.6. The van der Waals surface area contributed by atoms with Crippen LogP contribution in [0.5, 0.6) is 0 Å². The van der Waals surface area contributed by atoms with Crippen molar-refractivity contribution in [2.24, 2.45) is 7.05 Å². The summed E-state index contributed by atoms with van der Waals surface area (Å²) < 4.78 is 30.0. The summed E-state index contributed by atoms with van der Waals surface area (Å²) in [7, 11) is 3.22. The number of carbonyl (C=O) groups is 1. The quantitative estimate of drug-likeness (QED) is 0.574. The highest BCUT2D eigenvalue weighted by Crippen LogP contribution is 2.42. The predicted molar refractivity (Wildman–Crippen MR) is 140 cm³/mol. The maximum atomic E-state index is 14.2. The van der Waals surface area contributed by atoms with Gasteiger partial charge in [0.25, 0.3) is 12.0 Å². The Labute approximate surface area is 213 Å². The molecule has 37 heavy (non-hydrogen) atoms. The molecule has 10 heteroatoms. The van der Waals surface area contributed by atoms with E-state index in [4.69, 9.17) is 4.98 Å². The zero-order valence-corrected chi connectivity index (χ0v) is 21.5. The van der Waals surface area contributed by atoms with E-state index >= 15 is 0 Å². The van der Waals surface area contributed by atoms with Crippen LogP contribution >= 0.6 is 0 Å². The second-order valence-corrected chi connectivity index (χ2v) is 9.99. The average molecular weight is 512 g/mol. The van der Waals surface area contributed by atoms with Crippen LogP contribution in [0.3, 0.4) is 0 Å². The molecule has 0 spiro atoms. The van der Waals surface area contributed by atoms with Gasteiger partial charge in [-0.05, 0) is 49.9 Å². The van der Waals surface area contributed by atoms with E-state index < -0.39 is 12.5 Å². The molecule has 1 fully saturated rings. The Kier molecular flexibility index (Phi) is 6.39. The van der Waals surface area contributed by atoms with Gasteiger partial charge in [0, 0.05) is 68.9 Å². The van der Waals surface area contributed by atoms with Crippen LogP contribution in [0.4, 0.5) is 31.8 Å². The summed E-state index contributed by atoms with van der Waals surface area (Å²) in [6.45, 7) is 4.73. The number of fused-ring (bicyclic) bond motifs is 2. The lowest BCUT2D eigenvalue weighted by Crippen LogP contribution is -2.30. The number of pyridine rings is 2. The van der Waals surface area contributed by atoms with Crippen molar-refractivity contribution in [2.75, 3.05) is 41.4 Å². The molecule has 5 rings (SSSR count). The number of aliphatic hydroxyl groups excluding tert-OH is 1. The van der Waals surface area contributed by atoms with Crippen molar-refractivity contribution in [3.8, 4) is 0 Å². The van der Waals surface area contributed by atoms with Gasteiger partial charge in [0.1, 0.15) is 11.6 Å². The summed E-state index contributed by atoms with van der Waals surface area (Å²) in [5, 5.41) is 10.9. The molecule has 1 atom stereocenters. The summed E-state index contributed by atoms with van der Waals surface area (Å²) in [6.07, 6.45) is -1.15. The average Bonchev–Trinajstić information content (AvgIpc) is 3.31. The minimum absolute atomic E-state index is 0.118. The molecule has 0 unspecified atom stereocenters. The van der Waals surface area contributed by atoms with E-state index in [0.717, 1.165) is 17.4 Å². The lowest BCUT2D eigenvalue weighted by atomic mass is 9.97. The van der Waals surface area contributed by atoms with E-state index in [-0.39, 0.29) is 22.7 Å². The van der Waals surface area contributed by atoms with Crippen LogP contribution in [0.25, 0.3) is 10.9 Å². The summed E-state index contributed by atoms with van der Waals surface area (Å²) >= 11 is 0. The molecule has 2 aliphatic rings. The smallest absolute Gasteiger partial charge is 0.265 e. The van der Waals surface area contributed by atoms with Crippen LogP contribution in [-0.2, 0) is 18.3 Å². The van der Waals surface area contributed by atoms with Crippen molar-refractivity contribution in [1.82, 2.24) is 9.55 Å². The molecule has 1 aromatic carbocycles. The van der Waals surface area contributed by atoms with E-state index in [1.807, 2.05) is 21.9 Å². The third-order valence-corrected chi connectivity index (χ3v) is 7.53. The first-order valence-electron chi connectivity index (χ1n) is 12.5. The Hall–Kier alpha value is -3.53. The number of anilines is 4. The first-order valence-corrected chi connectivity index (χ1v) is 12.5. The first kappa shape index (κ1) is 25.1. The highest BCUT2D eigenvalue weighted by Gasteiger charge is 2.29. The van der Waals surface area contributed by atoms with Gasteiger partial charge < -0.3 is 24.4 Å². The van der Waals surface area contributed by atoms with Crippen molar-refractivity contribution in [3.63, 3.8) is 0 Å². The number of hydrogen-bond acceptors (Lipinski definition) is 6. The van der Waals surface area contributed by atoms with E-state index in [2.05, 4.69) is 0 Å². The molecule has 4 heterocycles. The fourth-order valence-electron chi connectivity index (χ4n) is 5.39. The van der Waals surface area contributed by atoms with Gasteiger partial charge in [-0.25, -0.2) is 13.8 Å². The van der Waals surface area contributed by atoms with E-state index in [1.165, 1.54) is 24.9 Å². The van der Waals surface area contributed by atoms with Crippen molar-refractivity contribution >= 4 is 39.8 Å². The molecule has 1 amide bonds. The minimum atomic E-state index is -2.77. The standard InChI is InChI=1S/C27H31F2N5O3/c1-15-10-20-23(32(4)27(15)37)13-24(33-9-7-18(36)14-33)30-26(20)34-8-5-6-17-11-22(31(3)16(2)35)19(25(28)29)12-21(17)34/h10-13,18,25,36H,5-9,14H2,1-4H3/t18-/m0/s1. The third-order valence-electron chi connectivity index (χ3n) is 7.53. The van der Waals surface area contributed by atoms with Gasteiger partial charge in [-0.3, -0.25) is 9.59 Å². The second kappa shape index (κ2) is 9.41. The van der Waals surface area contributed by atoms with Gasteiger partial charge in [-0.15, -0.1) is 0 Å². The van der Waals surface area contributed by atoms with Crippen LogP contribution in [-0.4, -0.2) is 53.4 Å². The Morgan fingerprint density at radius 1 is 1.22 bits per heavy atom. The molecule has 2 aromatic heterocycles. The third kappa shape index (κ3) is 4.33. The molecule has 2 aliphatic heterocycles. The Morgan fingerprint density at radius 2 is 1.97 bits per heavy atom. The van der Waals surface area contributed by atoms with Crippen LogP contribution in [0.15, 0.2) is 29.1 Å². The zero-order chi connectivity index (χ0) is 26.6. The van der Waals surface area contributed by atoms with Crippen molar-refractivity contribution in [2.45, 2.75) is 45.6 Å². The monoisotopic (exact) mass is 511 g/mol. The number of halogens is 2. The Bertz CT molecular complexity index is 1450. The molecule has 0 saturated carbocycles. The molecule has 3 aromatic rings. The van der Waals surface area contributed by atoms with Gasteiger partial charge in [-0.2, -0.15) is 0 Å². The molecule has 196 valence electrons. The topological polar surface area (TPSA) is 81.9 Å². The van der Waals surface area contributed by atoms with Crippen molar-refractivity contribution < 1.29 is 18.7 Å². The summed E-state index contributed by atoms with van der Waals surface area (Å²) in [5.74, 6) is 0.896. The molecule has 8 nitrogen and oxygen atoms in total. The van der Waals surface area contributed by atoms with Crippen molar-refractivity contribution in [1.29, 1.82) is 0 Å². The number of carbonyl (C=O) groups excluding carboxylic acids is 1. The molecule has 1 saturated heterocycles. The Morgan fingerprint density at radius 3 is 2.62 bits per heavy atom.